The molecule has 3 aliphatic heterocycles. The molecule has 0 aliphatic carbocycles. The van der Waals surface area contributed by atoms with Crippen LogP contribution in [0, 0.1) is 11.2 Å². The number of morpholine rings is 1. The molecule has 4 heterocycles. The third kappa shape index (κ3) is 3.34. The van der Waals surface area contributed by atoms with E-state index in [0.717, 1.165) is 0 Å². The summed E-state index contributed by atoms with van der Waals surface area (Å²) in [5.41, 5.74) is -2.42. The zero-order valence-corrected chi connectivity index (χ0v) is 18.5. The van der Waals surface area contributed by atoms with E-state index in [-0.39, 0.29) is 35.2 Å². The average molecular weight is 495 g/mol. The van der Waals surface area contributed by atoms with E-state index in [1.807, 2.05) is 5.32 Å². The first-order valence-corrected chi connectivity index (χ1v) is 10.8. The van der Waals surface area contributed by atoms with Gasteiger partial charge in [-0.2, -0.15) is 0 Å². The standard InChI is InChI=1S/C21H20F3N5O6/c1-7-6-29-14-9(3-10-13(17(30)25-5-11(22)23)28-35-15(10)12(14)24)4-21(16(29)8(2)34-7)18(31)26-20(33)27-19(21)32/h3,7-8,11,16H,4-6H2,1-2H3,(H,25,30)(H2,26,27,31,32,33)/t7-,8+,16-/m1/s1. The van der Waals surface area contributed by atoms with E-state index in [0.29, 0.717) is 0 Å². The first kappa shape index (κ1) is 23.1. The molecular weight excluding hydrogens is 475 g/mol. The maximum Gasteiger partial charge on any atom is 0.328 e. The van der Waals surface area contributed by atoms with Gasteiger partial charge in [0.15, 0.2) is 16.9 Å². The van der Waals surface area contributed by atoms with E-state index in [9.17, 15) is 28.0 Å². The van der Waals surface area contributed by atoms with Crippen LogP contribution in [0.2, 0.25) is 0 Å². The lowest BCUT2D eigenvalue weighted by Gasteiger charge is -2.55. The minimum absolute atomic E-state index is 0.0447. The SMILES string of the molecule is C[C@@H]1CN2c3c(cc4c(C(=O)NCC(F)F)noc4c3F)CC3(C(=O)NC(=O)NC3=O)[C@H]2[C@H](C)O1. The lowest BCUT2D eigenvalue weighted by Crippen LogP contribution is -2.75. The van der Waals surface area contributed by atoms with Crippen LogP contribution in [-0.4, -0.2) is 66.7 Å². The van der Waals surface area contributed by atoms with Crippen LogP contribution in [0.3, 0.4) is 0 Å². The smallest absolute Gasteiger partial charge is 0.328 e. The number of alkyl halides is 2. The van der Waals surface area contributed by atoms with Gasteiger partial charge < -0.3 is 19.5 Å². The number of amides is 5. The molecule has 2 fully saturated rings. The number of ether oxygens (including phenoxy) is 1. The molecule has 1 spiro atoms. The number of hydrogen-bond acceptors (Lipinski definition) is 8. The Morgan fingerprint density at radius 2 is 1.97 bits per heavy atom. The highest BCUT2D eigenvalue weighted by Gasteiger charge is 2.63. The molecule has 2 saturated heterocycles. The Hall–Kier alpha value is -3.68. The average Bonchev–Trinajstić information content (AvgIpc) is 3.19. The van der Waals surface area contributed by atoms with Gasteiger partial charge in [-0.05, 0) is 25.5 Å². The van der Waals surface area contributed by atoms with Crippen LogP contribution in [0.4, 0.5) is 23.7 Å². The Morgan fingerprint density at radius 1 is 1.29 bits per heavy atom. The summed E-state index contributed by atoms with van der Waals surface area (Å²) in [6, 6.07) is -0.594. The van der Waals surface area contributed by atoms with Crippen LogP contribution in [-0.2, 0) is 20.7 Å². The molecule has 1 aromatic carbocycles. The van der Waals surface area contributed by atoms with Crippen molar-refractivity contribution in [3.05, 3.63) is 23.1 Å². The number of carbonyl (C=O) groups excluding carboxylic acids is 4. The zero-order chi connectivity index (χ0) is 25.2. The van der Waals surface area contributed by atoms with E-state index in [1.165, 1.54) is 6.07 Å². The maximum absolute atomic E-state index is 15.9. The second-order valence-electron chi connectivity index (χ2n) is 8.84. The van der Waals surface area contributed by atoms with Gasteiger partial charge in [-0.15, -0.1) is 0 Å². The highest BCUT2D eigenvalue weighted by atomic mass is 19.3. The van der Waals surface area contributed by atoms with Crippen molar-refractivity contribution in [2.45, 2.75) is 44.9 Å². The molecule has 0 saturated carbocycles. The molecule has 3 N–H and O–H groups in total. The summed E-state index contributed by atoms with van der Waals surface area (Å²) in [5, 5.41) is 9.67. The van der Waals surface area contributed by atoms with E-state index >= 15 is 4.39 Å². The molecule has 5 rings (SSSR count). The maximum atomic E-state index is 15.9. The number of nitrogens with one attached hydrogen (secondary N) is 3. The van der Waals surface area contributed by atoms with Gasteiger partial charge in [0.1, 0.15) is 0 Å². The molecule has 3 aliphatic rings. The van der Waals surface area contributed by atoms with Crippen LogP contribution in [0.5, 0.6) is 0 Å². The monoisotopic (exact) mass is 495 g/mol. The number of aromatic nitrogens is 1. The van der Waals surface area contributed by atoms with Crippen molar-refractivity contribution in [1.29, 1.82) is 0 Å². The predicted molar refractivity (Wildman–Crippen MR) is 111 cm³/mol. The topological polar surface area (TPSA) is 143 Å². The van der Waals surface area contributed by atoms with Crippen molar-refractivity contribution in [3.8, 4) is 0 Å². The van der Waals surface area contributed by atoms with Gasteiger partial charge in [0, 0.05) is 13.0 Å². The Bertz CT molecular complexity index is 1260. The Kier molecular flexibility index (Phi) is 5.23. The van der Waals surface area contributed by atoms with Crippen molar-refractivity contribution in [2.75, 3.05) is 18.0 Å². The van der Waals surface area contributed by atoms with Gasteiger partial charge in [0.25, 0.3) is 12.3 Å². The molecule has 5 amide bonds. The van der Waals surface area contributed by atoms with Gasteiger partial charge in [-0.3, -0.25) is 25.0 Å². The fraction of sp³-hybridized carbons (Fsp3) is 0.476. The van der Waals surface area contributed by atoms with Gasteiger partial charge in [-0.1, -0.05) is 5.16 Å². The first-order valence-electron chi connectivity index (χ1n) is 10.8. The molecule has 35 heavy (non-hydrogen) atoms. The molecule has 14 heteroatoms. The molecule has 3 atom stereocenters. The summed E-state index contributed by atoms with van der Waals surface area (Å²) in [6.45, 7) is 2.56. The van der Waals surface area contributed by atoms with E-state index < -0.39 is 71.9 Å². The Labute approximate surface area is 195 Å². The largest absolute Gasteiger partial charge is 0.372 e. The molecule has 2 aromatic rings. The molecule has 1 aromatic heterocycles. The highest BCUT2D eigenvalue weighted by molar-refractivity contribution is 6.20. The van der Waals surface area contributed by atoms with Crippen molar-refractivity contribution in [1.82, 2.24) is 21.1 Å². The van der Waals surface area contributed by atoms with E-state index in [2.05, 4.69) is 15.8 Å². The van der Waals surface area contributed by atoms with Crippen molar-refractivity contribution >= 4 is 40.4 Å². The number of carbonyl (C=O) groups is 4. The summed E-state index contributed by atoms with van der Waals surface area (Å²) in [7, 11) is 0. The van der Waals surface area contributed by atoms with Gasteiger partial charge in [0.2, 0.25) is 17.4 Å². The molecule has 0 unspecified atom stereocenters. The second-order valence-corrected chi connectivity index (χ2v) is 8.84. The quantitative estimate of drug-likeness (QED) is 0.532. The molecule has 186 valence electrons. The van der Waals surface area contributed by atoms with Crippen LogP contribution >= 0.6 is 0 Å². The van der Waals surface area contributed by atoms with Crippen LogP contribution in [0.25, 0.3) is 11.0 Å². The Balaban J connectivity index is 1.69. The first-order chi connectivity index (χ1) is 16.5. The number of halogens is 3. The summed E-state index contributed by atoms with van der Waals surface area (Å²) < 4.78 is 51.9. The minimum atomic E-state index is -2.81. The lowest BCUT2D eigenvalue weighted by molar-refractivity contribution is -0.153. The Morgan fingerprint density at radius 3 is 2.63 bits per heavy atom. The van der Waals surface area contributed by atoms with Gasteiger partial charge in [0.05, 0.1) is 35.9 Å². The number of rotatable bonds is 3. The number of urea groups is 1. The third-order valence-corrected chi connectivity index (χ3v) is 6.60. The van der Waals surface area contributed by atoms with Gasteiger partial charge >= 0.3 is 6.03 Å². The molecule has 0 bridgehead atoms. The van der Waals surface area contributed by atoms with Crippen LogP contribution in [0.15, 0.2) is 10.6 Å². The van der Waals surface area contributed by atoms with Crippen molar-refractivity contribution in [2.24, 2.45) is 5.41 Å². The number of benzene rings is 1. The minimum Gasteiger partial charge on any atom is -0.372 e. The van der Waals surface area contributed by atoms with E-state index in [4.69, 9.17) is 9.26 Å². The van der Waals surface area contributed by atoms with Crippen LogP contribution < -0.4 is 20.9 Å². The van der Waals surface area contributed by atoms with Crippen LogP contribution in [0.1, 0.15) is 29.9 Å². The number of hydrogen-bond donors (Lipinski definition) is 3. The van der Waals surface area contributed by atoms with Crippen molar-refractivity contribution < 1.29 is 41.6 Å². The zero-order valence-electron chi connectivity index (χ0n) is 18.5. The predicted octanol–water partition coefficient (Wildman–Crippen LogP) is 0.852. The number of nitrogens with zero attached hydrogens (tertiary/aromatic N) is 2. The fourth-order valence-electron chi connectivity index (χ4n) is 5.37. The molecule has 11 nitrogen and oxygen atoms in total. The van der Waals surface area contributed by atoms with Crippen molar-refractivity contribution in [3.63, 3.8) is 0 Å². The number of fused-ring (bicyclic) bond motifs is 5. The van der Waals surface area contributed by atoms with E-state index in [1.54, 1.807) is 18.7 Å². The number of imide groups is 2. The molecular formula is C21H20F3N5O6. The number of barbiturate groups is 1. The normalized spacial score (nSPS) is 25.4. The second kappa shape index (κ2) is 7.93. The number of anilines is 1. The third-order valence-electron chi connectivity index (χ3n) is 6.60. The highest BCUT2D eigenvalue weighted by Crippen LogP contribution is 2.49. The summed E-state index contributed by atoms with van der Waals surface area (Å²) >= 11 is 0. The van der Waals surface area contributed by atoms with Gasteiger partial charge in [-0.25, -0.2) is 18.0 Å². The summed E-state index contributed by atoms with van der Waals surface area (Å²) in [4.78, 5) is 52.0. The fourth-order valence-corrected chi connectivity index (χ4v) is 5.37. The summed E-state index contributed by atoms with van der Waals surface area (Å²) in [5.74, 6) is -3.61. The summed E-state index contributed by atoms with van der Waals surface area (Å²) in [6.07, 6.45) is -4.25. The molecule has 0 radical (unpaired) electrons. The lowest BCUT2D eigenvalue weighted by atomic mass is 9.66.